The SMILES string of the molecule is CCc1ccsc1CNC(C)C(C)OC. The molecule has 0 amide bonds. The molecule has 2 unspecified atom stereocenters. The topological polar surface area (TPSA) is 21.3 Å². The Balaban J connectivity index is 2.43. The summed E-state index contributed by atoms with van der Waals surface area (Å²) in [4.78, 5) is 1.45. The molecule has 0 radical (unpaired) electrons. The minimum absolute atomic E-state index is 0.259. The van der Waals surface area contributed by atoms with Crippen molar-refractivity contribution in [2.75, 3.05) is 7.11 Å². The second-order valence-electron chi connectivity index (χ2n) is 3.83. The molecule has 1 heterocycles. The van der Waals surface area contributed by atoms with Gasteiger partial charge < -0.3 is 10.1 Å². The molecule has 86 valence electrons. The summed E-state index contributed by atoms with van der Waals surface area (Å²) < 4.78 is 5.28. The van der Waals surface area contributed by atoms with E-state index in [1.807, 2.05) is 11.3 Å². The van der Waals surface area contributed by atoms with Crippen LogP contribution in [0.15, 0.2) is 11.4 Å². The van der Waals surface area contributed by atoms with Crippen LogP contribution in [0.5, 0.6) is 0 Å². The molecule has 0 spiro atoms. The molecule has 0 aliphatic rings. The van der Waals surface area contributed by atoms with Crippen LogP contribution in [-0.2, 0) is 17.7 Å². The molecule has 0 aliphatic carbocycles. The van der Waals surface area contributed by atoms with E-state index in [1.54, 1.807) is 7.11 Å². The predicted octanol–water partition coefficient (Wildman–Crippen LogP) is 2.82. The summed E-state index contributed by atoms with van der Waals surface area (Å²) in [6, 6.07) is 2.60. The van der Waals surface area contributed by atoms with Crippen LogP contribution in [0.2, 0.25) is 0 Å². The third-order valence-corrected chi connectivity index (χ3v) is 3.84. The highest BCUT2D eigenvalue weighted by atomic mass is 32.1. The highest BCUT2D eigenvalue weighted by Crippen LogP contribution is 2.17. The second-order valence-corrected chi connectivity index (χ2v) is 4.83. The Morgan fingerprint density at radius 1 is 1.47 bits per heavy atom. The highest BCUT2D eigenvalue weighted by molar-refractivity contribution is 7.10. The molecule has 0 saturated heterocycles. The maximum absolute atomic E-state index is 5.28. The lowest BCUT2D eigenvalue weighted by atomic mass is 10.2. The van der Waals surface area contributed by atoms with E-state index in [9.17, 15) is 0 Å². The van der Waals surface area contributed by atoms with Gasteiger partial charge >= 0.3 is 0 Å². The number of methoxy groups -OCH3 is 1. The first-order chi connectivity index (χ1) is 7.19. The molecular formula is C12H21NOS. The van der Waals surface area contributed by atoms with E-state index in [4.69, 9.17) is 4.74 Å². The zero-order chi connectivity index (χ0) is 11.3. The molecule has 1 rings (SSSR count). The summed E-state index contributed by atoms with van der Waals surface area (Å²) in [7, 11) is 1.76. The van der Waals surface area contributed by atoms with E-state index in [-0.39, 0.29) is 6.10 Å². The smallest absolute Gasteiger partial charge is 0.0693 e. The van der Waals surface area contributed by atoms with Gasteiger partial charge in [0.05, 0.1) is 6.10 Å². The van der Waals surface area contributed by atoms with Gasteiger partial charge in [-0.1, -0.05) is 6.92 Å². The molecule has 0 aromatic carbocycles. The zero-order valence-corrected chi connectivity index (χ0v) is 10.9. The maximum atomic E-state index is 5.28. The Labute approximate surface area is 96.7 Å². The van der Waals surface area contributed by atoms with Gasteiger partial charge in [-0.05, 0) is 37.3 Å². The third kappa shape index (κ3) is 3.59. The van der Waals surface area contributed by atoms with Crippen LogP contribution in [0, 0.1) is 0 Å². The highest BCUT2D eigenvalue weighted by Gasteiger charge is 2.11. The maximum Gasteiger partial charge on any atom is 0.0693 e. The number of ether oxygens (including phenoxy) is 1. The molecule has 2 atom stereocenters. The lowest BCUT2D eigenvalue weighted by Gasteiger charge is -2.19. The average Bonchev–Trinajstić information content (AvgIpc) is 2.71. The Morgan fingerprint density at radius 2 is 2.20 bits per heavy atom. The summed E-state index contributed by atoms with van der Waals surface area (Å²) in [6.45, 7) is 7.41. The fraction of sp³-hybridized carbons (Fsp3) is 0.667. The summed E-state index contributed by atoms with van der Waals surface area (Å²) in [5.41, 5.74) is 1.46. The van der Waals surface area contributed by atoms with Gasteiger partial charge in [0.1, 0.15) is 0 Å². The standard InChI is InChI=1S/C12H21NOS/c1-5-11-6-7-15-12(11)8-13-9(2)10(3)14-4/h6-7,9-10,13H,5,8H2,1-4H3. The van der Waals surface area contributed by atoms with Crippen LogP contribution in [-0.4, -0.2) is 19.3 Å². The van der Waals surface area contributed by atoms with Crippen LogP contribution in [0.1, 0.15) is 31.2 Å². The first-order valence-electron chi connectivity index (χ1n) is 5.50. The van der Waals surface area contributed by atoms with Crippen LogP contribution in [0.25, 0.3) is 0 Å². The zero-order valence-electron chi connectivity index (χ0n) is 10.0. The first-order valence-corrected chi connectivity index (χ1v) is 6.38. The van der Waals surface area contributed by atoms with Gasteiger partial charge in [0, 0.05) is 24.6 Å². The van der Waals surface area contributed by atoms with Crippen molar-refractivity contribution in [2.45, 2.75) is 45.9 Å². The van der Waals surface area contributed by atoms with E-state index < -0.39 is 0 Å². The Bertz CT molecular complexity index is 285. The fourth-order valence-corrected chi connectivity index (χ4v) is 2.39. The summed E-state index contributed by atoms with van der Waals surface area (Å²) in [6.07, 6.45) is 1.38. The molecule has 0 fully saturated rings. The minimum atomic E-state index is 0.259. The summed E-state index contributed by atoms with van der Waals surface area (Å²) in [5, 5.41) is 5.66. The fourth-order valence-electron chi connectivity index (χ4n) is 1.46. The van der Waals surface area contributed by atoms with E-state index >= 15 is 0 Å². The van der Waals surface area contributed by atoms with Crippen LogP contribution < -0.4 is 5.32 Å². The molecule has 1 N–H and O–H groups in total. The minimum Gasteiger partial charge on any atom is -0.380 e. The van der Waals surface area contributed by atoms with Crippen molar-refractivity contribution in [3.05, 3.63) is 21.9 Å². The number of hydrogen-bond acceptors (Lipinski definition) is 3. The number of aryl methyl sites for hydroxylation is 1. The average molecular weight is 227 g/mol. The van der Waals surface area contributed by atoms with Crippen LogP contribution in [0.3, 0.4) is 0 Å². The van der Waals surface area contributed by atoms with Gasteiger partial charge in [0.2, 0.25) is 0 Å². The van der Waals surface area contributed by atoms with E-state index in [2.05, 4.69) is 37.5 Å². The molecule has 2 nitrogen and oxygen atoms in total. The van der Waals surface area contributed by atoms with Gasteiger partial charge in [-0.3, -0.25) is 0 Å². The van der Waals surface area contributed by atoms with Crippen molar-refractivity contribution in [1.82, 2.24) is 5.32 Å². The number of rotatable bonds is 6. The first kappa shape index (κ1) is 12.7. The van der Waals surface area contributed by atoms with E-state index in [1.165, 1.54) is 10.4 Å². The molecule has 0 bridgehead atoms. The Hall–Kier alpha value is -0.380. The molecule has 0 aliphatic heterocycles. The lowest BCUT2D eigenvalue weighted by molar-refractivity contribution is 0.0883. The predicted molar refractivity (Wildman–Crippen MR) is 66.5 cm³/mol. The lowest BCUT2D eigenvalue weighted by Crippen LogP contribution is -2.36. The van der Waals surface area contributed by atoms with Gasteiger partial charge in [-0.15, -0.1) is 11.3 Å². The molecule has 3 heteroatoms. The Morgan fingerprint density at radius 3 is 2.80 bits per heavy atom. The molecule has 1 aromatic rings. The van der Waals surface area contributed by atoms with Crippen LogP contribution >= 0.6 is 11.3 Å². The molecular weight excluding hydrogens is 206 g/mol. The third-order valence-electron chi connectivity index (χ3n) is 2.88. The number of thiophene rings is 1. The van der Waals surface area contributed by atoms with Gasteiger partial charge in [0.15, 0.2) is 0 Å². The number of hydrogen-bond donors (Lipinski definition) is 1. The van der Waals surface area contributed by atoms with Gasteiger partial charge in [-0.25, -0.2) is 0 Å². The monoisotopic (exact) mass is 227 g/mol. The van der Waals surface area contributed by atoms with Crippen molar-refractivity contribution in [1.29, 1.82) is 0 Å². The van der Waals surface area contributed by atoms with Crippen molar-refractivity contribution < 1.29 is 4.74 Å². The van der Waals surface area contributed by atoms with E-state index in [0.717, 1.165) is 13.0 Å². The second kappa shape index (κ2) is 6.26. The summed E-state index contributed by atoms with van der Waals surface area (Å²) in [5.74, 6) is 0. The molecule has 1 aromatic heterocycles. The van der Waals surface area contributed by atoms with Crippen molar-refractivity contribution in [3.8, 4) is 0 Å². The quantitative estimate of drug-likeness (QED) is 0.807. The summed E-state index contributed by atoms with van der Waals surface area (Å²) >= 11 is 1.83. The Kier molecular flexibility index (Phi) is 5.29. The van der Waals surface area contributed by atoms with Crippen LogP contribution in [0.4, 0.5) is 0 Å². The normalized spacial score (nSPS) is 15.2. The molecule has 0 saturated carbocycles. The van der Waals surface area contributed by atoms with E-state index in [0.29, 0.717) is 6.04 Å². The number of nitrogens with one attached hydrogen (secondary N) is 1. The van der Waals surface area contributed by atoms with Crippen molar-refractivity contribution >= 4 is 11.3 Å². The van der Waals surface area contributed by atoms with Crippen molar-refractivity contribution in [3.63, 3.8) is 0 Å². The van der Waals surface area contributed by atoms with Gasteiger partial charge in [0.25, 0.3) is 0 Å². The van der Waals surface area contributed by atoms with Crippen molar-refractivity contribution in [2.24, 2.45) is 0 Å². The molecule has 15 heavy (non-hydrogen) atoms. The largest absolute Gasteiger partial charge is 0.380 e. The van der Waals surface area contributed by atoms with Gasteiger partial charge in [-0.2, -0.15) is 0 Å².